The third kappa shape index (κ3) is 3.14. The molecule has 0 spiro atoms. The predicted molar refractivity (Wildman–Crippen MR) is 162 cm³/mol. The fourth-order valence-electron chi connectivity index (χ4n) is 6.59. The van der Waals surface area contributed by atoms with Crippen LogP contribution in [-0.2, 0) is 5.41 Å². The summed E-state index contributed by atoms with van der Waals surface area (Å²) in [6.45, 7) is 4.68. The van der Waals surface area contributed by atoms with Gasteiger partial charge in [0, 0.05) is 16.5 Å². The lowest BCUT2D eigenvalue weighted by atomic mass is 9.81. The smallest absolute Gasteiger partial charge is 0.123 e. The predicted octanol–water partition coefficient (Wildman–Crippen LogP) is 7.29. The highest BCUT2D eigenvalue weighted by Crippen LogP contribution is 2.49. The lowest BCUT2D eigenvalue weighted by Crippen LogP contribution is -2.34. The SMILES string of the molecule is CC1(C)c2ccccc2-c2ccc(-c3cccc(-c4c5c(n6c7c(ncc46)=CC=C=C=7)C=CCC=C5)c3)cc21. The Morgan fingerprint density at radius 2 is 1.64 bits per heavy atom. The van der Waals surface area contributed by atoms with Gasteiger partial charge in [-0.15, -0.1) is 0 Å². The highest BCUT2D eigenvalue weighted by atomic mass is 14.9. The summed E-state index contributed by atoms with van der Waals surface area (Å²) < 4.78 is 2.29. The average Bonchev–Trinajstić information content (AvgIpc) is 3.27. The van der Waals surface area contributed by atoms with Crippen molar-refractivity contribution >= 4 is 29.5 Å². The number of fused-ring (bicyclic) bond motifs is 8. The normalized spacial score (nSPS) is 15.2. The number of benzene rings is 3. The molecule has 2 heteroatoms. The van der Waals surface area contributed by atoms with Gasteiger partial charge in [-0.1, -0.05) is 92.4 Å². The second-order valence-corrected chi connectivity index (χ2v) is 11.0. The minimum Gasteiger partial charge on any atom is -0.299 e. The molecule has 0 aliphatic heterocycles. The third-order valence-electron chi connectivity index (χ3n) is 8.49. The van der Waals surface area contributed by atoms with Gasteiger partial charge in [-0.25, -0.2) is 0 Å². The fraction of sp³-hybridized carbons (Fsp3) is 0.108. The van der Waals surface area contributed by atoms with E-state index in [4.69, 9.17) is 4.98 Å². The van der Waals surface area contributed by atoms with Crippen molar-refractivity contribution in [2.45, 2.75) is 25.7 Å². The van der Waals surface area contributed by atoms with Crippen molar-refractivity contribution in [3.63, 3.8) is 0 Å². The van der Waals surface area contributed by atoms with Crippen LogP contribution < -0.4 is 10.7 Å². The van der Waals surface area contributed by atoms with Gasteiger partial charge in [0.1, 0.15) is 5.35 Å². The molecule has 0 bridgehead atoms. The van der Waals surface area contributed by atoms with E-state index in [-0.39, 0.29) is 5.41 Å². The van der Waals surface area contributed by atoms with Gasteiger partial charge in [0.25, 0.3) is 0 Å². The molecule has 5 aromatic rings. The van der Waals surface area contributed by atoms with Crippen molar-refractivity contribution < 1.29 is 0 Å². The molecular weight excluding hydrogens is 472 g/mol. The molecule has 0 N–H and O–H groups in total. The Morgan fingerprint density at radius 3 is 2.59 bits per heavy atom. The van der Waals surface area contributed by atoms with Crippen LogP contribution in [0.25, 0.3) is 62.9 Å². The lowest BCUT2D eigenvalue weighted by molar-refractivity contribution is 0.660. The van der Waals surface area contributed by atoms with Gasteiger partial charge in [0.15, 0.2) is 0 Å². The van der Waals surface area contributed by atoms with Crippen molar-refractivity contribution in [2.24, 2.45) is 0 Å². The Kier molecular flexibility index (Phi) is 4.58. The number of rotatable bonds is 2. The summed E-state index contributed by atoms with van der Waals surface area (Å²) in [7, 11) is 0. The first-order chi connectivity index (χ1) is 19.1. The molecule has 0 unspecified atom stereocenters. The zero-order valence-corrected chi connectivity index (χ0v) is 22.0. The Morgan fingerprint density at radius 1 is 0.821 bits per heavy atom. The summed E-state index contributed by atoms with van der Waals surface area (Å²) in [6, 6.07) is 24.8. The van der Waals surface area contributed by atoms with Crippen LogP contribution in [0.15, 0.2) is 96.9 Å². The van der Waals surface area contributed by atoms with Gasteiger partial charge in [-0.05, 0) is 81.5 Å². The largest absolute Gasteiger partial charge is 0.299 e. The highest BCUT2D eigenvalue weighted by Gasteiger charge is 2.35. The number of allylic oxidation sites excluding steroid dienone is 3. The van der Waals surface area contributed by atoms with Gasteiger partial charge in [-0.3, -0.25) is 9.38 Å². The molecule has 39 heavy (non-hydrogen) atoms. The van der Waals surface area contributed by atoms with Crippen molar-refractivity contribution in [2.75, 3.05) is 0 Å². The van der Waals surface area contributed by atoms with Gasteiger partial charge in [-0.2, -0.15) is 0 Å². The molecule has 2 aromatic heterocycles. The van der Waals surface area contributed by atoms with Crippen molar-refractivity contribution in [3.05, 3.63) is 130 Å². The first-order valence-corrected chi connectivity index (χ1v) is 13.5. The van der Waals surface area contributed by atoms with E-state index in [1.54, 1.807) is 0 Å². The molecule has 8 rings (SSSR count). The Labute approximate surface area is 227 Å². The quantitative estimate of drug-likeness (QED) is 0.234. The Hall–Kier alpha value is -4.87. The number of hydrogen-bond donors (Lipinski definition) is 0. The molecule has 2 nitrogen and oxygen atoms in total. The molecule has 0 saturated heterocycles. The van der Waals surface area contributed by atoms with E-state index >= 15 is 0 Å². The Balaban J connectivity index is 1.34. The van der Waals surface area contributed by atoms with Crippen LogP contribution in [0.4, 0.5) is 0 Å². The molecule has 2 heterocycles. The zero-order chi connectivity index (χ0) is 26.1. The lowest BCUT2D eigenvalue weighted by Gasteiger charge is -2.22. The molecule has 0 radical (unpaired) electrons. The van der Waals surface area contributed by atoms with Crippen LogP contribution in [0.2, 0.25) is 0 Å². The zero-order valence-electron chi connectivity index (χ0n) is 22.0. The third-order valence-corrected chi connectivity index (χ3v) is 8.49. The minimum absolute atomic E-state index is 0.0211. The second kappa shape index (κ2) is 8.06. The highest BCUT2D eigenvalue weighted by molar-refractivity contribution is 5.94. The molecule has 184 valence electrons. The maximum Gasteiger partial charge on any atom is 0.123 e. The van der Waals surface area contributed by atoms with Crippen LogP contribution in [0, 0.1) is 0 Å². The van der Waals surface area contributed by atoms with Crippen LogP contribution in [0.5, 0.6) is 0 Å². The number of aromatic nitrogens is 2. The van der Waals surface area contributed by atoms with Crippen LogP contribution in [0.1, 0.15) is 42.7 Å². The van der Waals surface area contributed by atoms with Gasteiger partial charge in [0.05, 0.1) is 22.8 Å². The fourth-order valence-corrected chi connectivity index (χ4v) is 6.59. The minimum atomic E-state index is -0.0211. The summed E-state index contributed by atoms with van der Waals surface area (Å²) >= 11 is 0. The molecule has 3 aromatic carbocycles. The van der Waals surface area contributed by atoms with Gasteiger partial charge >= 0.3 is 0 Å². The molecule has 3 aliphatic rings. The van der Waals surface area contributed by atoms with Crippen molar-refractivity contribution in [1.82, 2.24) is 9.38 Å². The molecular formula is C37H26N2. The summed E-state index contributed by atoms with van der Waals surface area (Å²) in [5, 5.41) is 1.87. The van der Waals surface area contributed by atoms with E-state index < -0.39 is 0 Å². The first kappa shape index (κ1) is 22.1. The van der Waals surface area contributed by atoms with Crippen LogP contribution >= 0.6 is 0 Å². The Bertz CT molecular complexity index is 2140. The topological polar surface area (TPSA) is 17.3 Å². The maximum absolute atomic E-state index is 4.80. The molecule has 0 amide bonds. The van der Waals surface area contributed by atoms with Crippen molar-refractivity contribution in [1.29, 1.82) is 0 Å². The molecule has 0 fully saturated rings. The summed E-state index contributed by atoms with van der Waals surface area (Å²) in [5.41, 5.74) is 20.3. The van der Waals surface area contributed by atoms with Crippen molar-refractivity contribution in [3.8, 4) is 33.4 Å². The number of hydrogen-bond acceptors (Lipinski definition) is 1. The van der Waals surface area contributed by atoms with Crippen LogP contribution in [-0.4, -0.2) is 9.38 Å². The average molecular weight is 499 g/mol. The van der Waals surface area contributed by atoms with Crippen LogP contribution in [0.3, 0.4) is 0 Å². The van der Waals surface area contributed by atoms with E-state index in [1.165, 1.54) is 55.8 Å². The molecule has 3 aliphatic carbocycles. The molecule has 0 atom stereocenters. The second-order valence-electron chi connectivity index (χ2n) is 11.0. The van der Waals surface area contributed by atoms with Gasteiger partial charge in [0.2, 0.25) is 0 Å². The molecule has 0 saturated carbocycles. The maximum atomic E-state index is 4.80. The summed E-state index contributed by atoms with van der Waals surface area (Å²) in [5.74, 6) is 0. The van der Waals surface area contributed by atoms with E-state index in [0.29, 0.717) is 0 Å². The van der Waals surface area contributed by atoms with E-state index in [1.807, 2.05) is 18.3 Å². The van der Waals surface area contributed by atoms with Gasteiger partial charge < -0.3 is 0 Å². The first-order valence-electron chi connectivity index (χ1n) is 13.5. The number of nitrogens with zero attached hydrogens (tertiary/aromatic N) is 2. The van der Waals surface area contributed by atoms with E-state index in [0.717, 1.165) is 22.6 Å². The summed E-state index contributed by atoms with van der Waals surface area (Å²) in [4.78, 5) is 4.80. The monoisotopic (exact) mass is 498 g/mol. The van der Waals surface area contributed by atoms with E-state index in [9.17, 15) is 0 Å². The standard InChI is InChI=1S/C37H26N2/c1-37(2)30-15-7-6-13-27(30)28-20-19-25(22-31(28)37)24-11-10-12-26(21-24)36-29-14-4-3-5-17-33(29)39-34-18-9-8-16-32(34)38-23-35(36)39/h4-8,10-17,19-23H,3H2,1-2H3. The van der Waals surface area contributed by atoms with E-state index in [2.05, 4.69) is 121 Å². The summed E-state index contributed by atoms with van der Waals surface area (Å²) in [6.07, 6.45) is 15.8.